The van der Waals surface area contributed by atoms with E-state index < -0.39 is 6.16 Å². The molecule has 3 nitrogen and oxygen atoms in total. The van der Waals surface area contributed by atoms with Crippen LogP contribution in [0.15, 0.2) is 0 Å². The van der Waals surface area contributed by atoms with Crippen molar-refractivity contribution in [3.05, 3.63) is 6.61 Å². The average molecular weight is 173 g/mol. The standard InChI is InChI=1S/C9H17O3/c1-4-5-6-11-9(10)12-7-8(2)3/h6,8H,4-5,7H2,1-3H3. The zero-order chi connectivity index (χ0) is 9.40. The normalized spacial score (nSPS) is 10.0. The molecule has 0 rings (SSSR count). The number of ether oxygens (including phenoxy) is 2. The molecular weight excluding hydrogens is 156 g/mol. The molecule has 0 aliphatic heterocycles. The van der Waals surface area contributed by atoms with Crippen molar-refractivity contribution in [3.63, 3.8) is 0 Å². The van der Waals surface area contributed by atoms with Gasteiger partial charge in [0.25, 0.3) is 0 Å². The van der Waals surface area contributed by atoms with Crippen molar-refractivity contribution in [1.82, 2.24) is 0 Å². The molecule has 3 heteroatoms. The second kappa shape index (κ2) is 6.95. The molecule has 0 heterocycles. The molecule has 0 spiro atoms. The van der Waals surface area contributed by atoms with Gasteiger partial charge in [-0.3, -0.25) is 0 Å². The molecule has 0 saturated heterocycles. The molecule has 0 saturated carbocycles. The van der Waals surface area contributed by atoms with Crippen LogP contribution in [0.1, 0.15) is 33.6 Å². The van der Waals surface area contributed by atoms with Gasteiger partial charge in [-0.05, 0) is 12.3 Å². The zero-order valence-corrected chi connectivity index (χ0v) is 8.00. The summed E-state index contributed by atoms with van der Waals surface area (Å²) in [7, 11) is 0. The second-order valence-electron chi connectivity index (χ2n) is 3.03. The minimum absolute atomic E-state index is 0.351. The fourth-order valence-corrected chi connectivity index (χ4v) is 0.514. The summed E-state index contributed by atoms with van der Waals surface area (Å²) in [6.07, 6.45) is 1.14. The molecule has 0 unspecified atom stereocenters. The van der Waals surface area contributed by atoms with Crippen molar-refractivity contribution in [2.45, 2.75) is 33.6 Å². The Hall–Kier alpha value is -0.730. The van der Waals surface area contributed by atoms with Crippen LogP contribution in [0.2, 0.25) is 0 Å². The number of hydrogen-bond acceptors (Lipinski definition) is 3. The van der Waals surface area contributed by atoms with Gasteiger partial charge in [0.2, 0.25) is 0 Å². The SMILES string of the molecule is CCC[CH]OC(=O)OCC(C)C. The van der Waals surface area contributed by atoms with E-state index >= 15 is 0 Å². The van der Waals surface area contributed by atoms with Crippen molar-refractivity contribution in [1.29, 1.82) is 0 Å². The van der Waals surface area contributed by atoms with Gasteiger partial charge in [-0.15, -0.1) is 0 Å². The first-order valence-corrected chi connectivity index (χ1v) is 4.32. The highest BCUT2D eigenvalue weighted by Gasteiger charge is 2.04. The van der Waals surface area contributed by atoms with Crippen LogP contribution in [0, 0.1) is 12.5 Å². The van der Waals surface area contributed by atoms with E-state index in [1.165, 1.54) is 6.61 Å². The molecule has 71 valence electrons. The number of carbonyl (C=O) groups excluding carboxylic acids is 1. The van der Waals surface area contributed by atoms with Crippen molar-refractivity contribution in [2.75, 3.05) is 6.61 Å². The van der Waals surface area contributed by atoms with E-state index in [9.17, 15) is 4.79 Å². The van der Waals surface area contributed by atoms with E-state index in [-0.39, 0.29) is 0 Å². The molecule has 0 bridgehead atoms. The fourth-order valence-electron chi connectivity index (χ4n) is 0.514. The molecule has 1 radical (unpaired) electrons. The van der Waals surface area contributed by atoms with Crippen LogP contribution < -0.4 is 0 Å². The molecule has 0 fully saturated rings. The summed E-state index contributed by atoms with van der Waals surface area (Å²) < 4.78 is 9.40. The predicted molar refractivity (Wildman–Crippen MR) is 46.5 cm³/mol. The maximum Gasteiger partial charge on any atom is 0.508 e. The Bertz CT molecular complexity index is 121. The lowest BCUT2D eigenvalue weighted by molar-refractivity contribution is 0.0634. The van der Waals surface area contributed by atoms with Gasteiger partial charge >= 0.3 is 6.16 Å². The Morgan fingerprint density at radius 3 is 2.67 bits per heavy atom. The number of rotatable bonds is 5. The highest BCUT2D eigenvalue weighted by atomic mass is 16.7. The molecule has 0 aromatic rings. The highest BCUT2D eigenvalue weighted by Crippen LogP contribution is 1.99. The lowest BCUT2D eigenvalue weighted by Gasteiger charge is -2.06. The first kappa shape index (κ1) is 11.3. The van der Waals surface area contributed by atoms with E-state index in [1.54, 1.807) is 0 Å². The third-order valence-corrected chi connectivity index (χ3v) is 1.12. The van der Waals surface area contributed by atoms with Gasteiger partial charge in [-0.1, -0.05) is 27.2 Å². The summed E-state index contributed by atoms with van der Waals surface area (Å²) >= 11 is 0. The van der Waals surface area contributed by atoms with Crippen molar-refractivity contribution >= 4 is 6.16 Å². The fraction of sp³-hybridized carbons (Fsp3) is 0.778. The molecule has 12 heavy (non-hydrogen) atoms. The van der Waals surface area contributed by atoms with Crippen molar-refractivity contribution < 1.29 is 14.3 Å². The Labute approximate surface area is 74.0 Å². The summed E-state index contributed by atoms with van der Waals surface area (Å²) in [6.45, 7) is 7.85. The third kappa shape index (κ3) is 7.38. The molecule has 0 N–H and O–H groups in total. The van der Waals surface area contributed by atoms with Gasteiger partial charge in [-0.2, -0.15) is 0 Å². The molecular formula is C9H17O3. The minimum Gasteiger partial charge on any atom is -0.434 e. The maximum absolute atomic E-state index is 10.7. The van der Waals surface area contributed by atoms with Gasteiger partial charge < -0.3 is 9.47 Å². The van der Waals surface area contributed by atoms with Crippen molar-refractivity contribution in [2.24, 2.45) is 5.92 Å². The Kier molecular flexibility index (Phi) is 6.53. The second-order valence-corrected chi connectivity index (χ2v) is 3.03. The molecule has 0 amide bonds. The van der Waals surface area contributed by atoms with Crippen LogP contribution >= 0.6 is 0 Å². The summed E-state index contributed by atoms with van der Waals surface area (Å²) in [4.78, 5) is 10.7. The van der Waals surface area contributed by atoms with Gasteiger partial charge in [-0.25, -0.2) is 4.79 Å². The van der Waals surface area contributed by atoms with Gasteiger partial charge in [0.1, 0.15) is 6.61 Å². The average Bonchev–Trinajstić information content (AvgIpc) is 2.01. The van der Waals surface area contributed by atoms with Gasteiger partial charge in [0, 0.05) is 0 Å². The number of unbranched alkanes of at least 4 members (excludes halogenated alkanes) is 1. The van der Waals surface area contributed by atoms with E-state index in [4.69, 9.17) is 4.74 Å². The van der Waals surface area contributed by atoms with Crippen LogP contribution in [0.25, 0.3) is 0 Å². The lowest BCUT2D eigenvalue weighted by Crippen LogP contribution is -2.10. The smallest absolute Gasteiger partial charge is 0.434 e. The van der Waals surface area contributed by atoms with E-state index in [0.717, 1.165) is 12.8 Å². The van der Waals surface area contributed by atoms with E-state index in [1.807, 2.05) is 20.8 Å². The Morgan fingerprint density at radius 2 is 2.17 bits per heavy atom. The molecule has 0 atom stereocenters. The highest BCUT2D eigenvalue weighted by molar-refractivity contribution is 5.60. The topological polar surface area (TPSA) is 35.5 Å². The van der Waals surface area contributed by atoms with Crippen LogP contribution in [-0.2, 0) is 9.47 Å². The Balaban J connectivity index is 3.22. The number of carbonyl (C=O) groups is 1. The monoisotopic (exact) mass is 173 g/mol. The number of hydrogen-bond donors (Lipinski definition) is 0. The van der Waals surface area contributed by atoms with Crippen LogP contribution in [-0.4, -0.2) is 12.8 Å². The molecule has 0 aromatic heterocycles. The molecule has 0 aromatic carbocycles. The third-order valence-electron chi connectivity index (χ3n) is 1.12. The van der Waals surface area contributed by atoms with Crippen molar-refractivity contribution in [3.8, 4) is 0 Å². The first-order chi connectivity index (χ1) is 5.66. The van der Waals surface area contributed by atoms with Gasteiger partial charge in [0.15, 0.2) is 0 Å². The van der Waals surface area contributed by atoms with E-state index in [2.05, 4.69) is 4.74 Å². The zero-order valence-electron chi connectivity index (χ0n) is 8.00. The summed E-state index contributed by atoms with van der Waals surface area (Å²) in [5, 5.41) is 0. The summed E-state index contributed by atoms with van der Waals surface area (Å²) in [6, 6.07) is 0. The van der Waals surface area contributed by atoms with Gasteiger partial charge in [0.05, 0.1) is 6.61 Å². The van der Waals surface area contributed by atoms with Crippen LogP contribution in [0.3, 0.4) is 0 Å². The summed E-state index contributed by atoms with van der Waals surface area (Å²) in [5.41, 5.74) is 0. The van der Waals surface area contributed by atoms with E-state index in [0.29, 0.717) is 12.5 Å². The predicted octanol–water partition coefficient (Wildman–Crippen LogP) is 2.76. The first-order valence-electron chi connectivity index (χ1n) is 4.32. The minimum atomic E-state index is -0.600. The maximum atomic E-state index is 10.7. The Morgan fingerprint density at radius 1 is 1.50 bits per heavy atom. The molecule has 0 aliphatic rings. The lowest BCUT2D eigenvalue weighted by atomic mass is 10.2. The summed E-state index contributed by atoms with van der Waals surface area (Å²) in [5.74, 6) is 0.351. The van der Waals surface area contributed by atoms with Crippen LogP contribution in [0.4, 0.5) is 4.79 Å². The van der Waals surface area contributed by atoms with Crippen LogP contribution in [0.5, 0.6) is 0 Å². The molecule has 0 aliphatic carbocycles. The largest absolute Gasteiger partial charge is 0.508 e. The quantitative estimate of drug-likeness (QED) is 0.473.